The summed E-state index contributed by atoms with van der Waals surface area (Å²) >= 11 is 0. The molecule has 0 saturated heterocycles. The van der Waals surface area contributed by atoms with Crippen LogP contribution in [0.5, 0.6) is 11.5 Å². The van der Waals surface area contributed by atoms with Gasteiger partial charge in [0.05, 0.1) is 24.8 Å². The second kappa shape index (κ2) is 14.0. The van der Waals surface area contributed by atoms with E-state index < -0.39 is 28.5 Å². The van der Waals surface area contributed by atoms with Crippen LogP contribution in [0.15, 0.2) is 77.7 Å². The Balaban J connectivity index is 2.09. The van der Waals surface area contributed by atoms with Crippen LogP contribution in [0, 0.1) is 6.92 Å². The summed E-state index contributed by atoms with van der Waals surface area (Å²) in [5, 5.41) is 2.89. The minimum absolute atomic E-state index is 0.0441. The number of aryl methyl sites for hydroxylation is 1. The summed E-state index contributed by atoms with van der Waals surface area (Å²) < 4.78 is 39.7. The average molecular weight is 582 g/mol. The maximum atomic E-state index is 14.1. The van der Waals surface area contributed by atoms with Gasteiger partial charge in [0, 0.05) is 18.7 Å². The Morgan fingerprint density at radius 2 is 1.51 bits per heavy atom. The van der Waals surface area contributed by atoms with Crippen molar-refractivity contribution in [3.8, 4) is 11.5 Å². The highest BCUT2D eigenvalue weighted by Gasteiger charge is 2.34. The van der Waals surface area contributed by atoms with Gasteiger partial charge in [-0.1, -0.05) is 42.8 Å². The van der Waals surface area contributed by atoms with Crippen LogP contribution in [0.2, 0.25) is 0 Å². The fourth-order valence-electron chi connectivity index (χ4n) is 4.40. The van der Waals surface area contributed by atoms with E-state index in [1.165, 1.54) is 24.1 Å². The van der Waals surface area contributed by atoms with Crippen molar-refractivity contribution in [1.29, 1.82) is 0 Å². The number of nitrogens with zero attached hydrogens (tertiary/aromatic N) is 2. The molecule has 0 fully saturated rings. The van der Waals surface area contributed by atoms with Gasteiger partial charge in [0.15, 0.2) is 0 Å². The number of carbonyl (C=O) groups excluding carboxylic acids is 2. The molecular weight excluding hydrogens is 542 g/mol. The molecule has 1 N–H and O–H groups in total. The molecule has 9 nitrogen and oxygen atoms in total. The smallest absolute Gasteiger partial charge is 0.264 e. The van der Waals surface area contributed by atoms with E-state index in [-0.39, 0.29) is 29.1 Å². The molecule has 0 aliphatic rings. The zero-order valence-corrected chi connectivity index (χ0v) is 25.3. The first-order valence-electron chi connectivity index (χ1n) is 13.5. The van der Waals surface area contributed by atoms with Crippen LogP contribution in [-0.2, 0) is 26.2 Å². The van der Waals surface area contributed by atoms with Crippen LogP contribution >= 0.6 is 0 Å². The predicted molar refractivity (Wildman–Crippen MR) is 160 cm³/mol. The Labute approximate surface area is 243 Å². The van der Waals surface area contributed by atoms with Crippen LogP contribution in [0.1, 0.15) is 38.3 Å². The summed E-state index contributed by atoms with van der Waals surface area (Å²) in [6.07, 6.45) is 0.331. The first kappa shape index (κ1) is 31.5. The minimum atomic E-state index is -4.17. The molecule has 220 valence electrons. The van der Waals surface area contributed by atoms with Crippen molar-refractivity contribution in [2.75, 3.05) is 25.1 Å². The zero-order chi connectivity index (χ0) is 30.2. The van der Waals surface area contributed by atoms with E-state index in [1.54, 1.807) is 61.7 Å². The third-order valence-electron chi connectivity index (χ3n) is 6.53. The van der Waals surface area contributed by atoms with E-state index in [0.717, 1.165) is 15.4 Å². The Bertz CT molecular complexity index is 1440. The Hall–Kier alpha value is -4.05. The zero-order valence-electron chi connectivity index (χ0n) is 24.5. The SMILES string of the molecule is CC[C@H](C(=O)NC(C)C)N(Cc1cccc(OC)c1)C(=O)CN(c1cccc(OC)c1)S(=O)(=O)c1ccc(C)cc1. The molecule has 0 aliphatic heterocycles. The van der Waals surface area contributed by atoms with E-state index in [1.807, 2.05) is 33.8 Å². The summed E-state index contributed by atoms with van der Waals surface area (Å²) in [5.74, 6) is 0.203. The molecular formula is C31H39N3O6S. The fraction of sp³-hybridized carbons (Fsp3) is 0.355. The highest BCUT2D eigenvalue weighted by atomic mass is 32.2. The van der Waals surface area contributed by atoms with Crippen molar-refractivity contribution < 1.29 is 27.5 Å². The molecule has 41 heavy (non-hydrogen) atoms. The van der Waals surface area contributed by atoms with Crippen molar-refractivity contribution in [2.45, 2.75) is 57.6 Å². The molecule has 0 spiro atoms. The van der Waals surface area contributed by atoms with E-state index >= 15 is 0 Å². The monoisotopic (exact) mass is 581 g/mol. The van der Waals surface area contributed by atoms with Crippen LogP contribution in [0.4, 0.5) is 5.69 Å². The largest absolute Gasteiger partial charge is 0.497 e. The quantitative estimate of drug-likeness (QED) is 0.318. The number of benzene rings is 3. The molecule has 10 heteroatoms. The van der Waals surface area contributed by atoms with Gasteiger partial charge in [0.2, 0.25) is 11.8 Å². The van der Waals surface area contributed by atoms with Crippen molar-refractivity contribution in [1.82, 2.24) is 10.2 Å². The lowest BCUT2D eigenvalue weighted by atomic mass is 10.1. The molecule has 0 unspecified atom stereocenters. The molecule has 3 aromatic carbocycles. The lowest BCUT2D eigenvalue weighted by Gasteiger charge is -2.33. The maximum Gasteiger partial charge on any atom is 0.264 e. The summed E-state index contributed by atoms with van der Waals surface area (Å²) in [7, 11) is -1.14. The third-order valence-corrected chi connectivity index (χ3v) is 8.32. The number of amides is 2. The third kappa shape index (κ3) is 8.00. The number of nitrogens with one attached hydrogen (secondary N) is 1. The van der Waals surface area contributed by atoms with Crippen LogP contribution in [0.25, 0.3) is 0 Å². The number of sulfonamides is 1. The molecule has 0 aromatic heterocycles. The van der Waals surface area contributed by atoms with Crippen LogP contribution in [0.3, 0.4) is 0 Å². The van der Waals surface area contributed by atoms with Gasteiger partial charge >= 0.3 is 0 Å². The van der Waals surface area contributed by atoms with E-state index in [0.29, 0.717) is 17.9 Å². The Morgan fingerprint density at radius 1 is 0.902 bits per heavy atom. The van der Waals surface area contributed by atoms with Gasteiger partial charge in [-0.2, -0.15) is 0 Å². The Morgan fingerprint density at radius 3 is 2.10 bits per heavy atom. The van der Waals surface area contributed by atoms with Crippen molar-refractivity contribution in [3.63, 3.8) is 0 Å². The van der Waals surface area contributed by atoms with Crippen molar-refractivity contribution in [2.24, 2.45) is 0 Å². The first-order chi connectivity index (χ1) is 19.5. The second-order valence-electron chi connectivity index (χ2n) is 9.99. The summed E-state index contributed by atoms with van der Waals surface area (Å²) in [4.78, 5) is 28.9. The molecule has 0 bridgehead atoms. The second-order valence-corrected chi connectivity index (χ2v) is 11.8. The van der Waals surface area contributed by atoms with E-state index in [2.05, 4.69) is 5.32 Å². The van der Waals surface area contributed by atoms with E-state index in [4.69, 9.17) is 9.47 Å². The summed E-state index contributed by atoms with van der Waals surface area (Å²) in [5.41, 5.74) is 1.90. The minimum Gasteiger partial charge on any atom is -0.497 e. The summed E-state index contributed by atoms with van der Waals surface area (Å²) in [6.45, 7) is 6.92. The number of anilines is 1. The molecule has 0 aliphatic carbocycles. The lowest BCUT2D eigenvalue weighted by molar-refractivity contribution is -0.140. The molecule has 1 atom stereocenters. The molecule has 0 radical (unpaired) electrons. The number of methoxy groups -OCH3 is 2. The topological polar surface area (TPSA) is 105 Å². The number of hydrogen-bond acceptors (Lipinski definition) is 6. The first-order valence-corrected chi connectivity index (χ1v) is 14.9. The van der Waals surface area contributed by atoms with Gasteiger partial charge in [0.25, 0.3) is 10.0 Å². The Kier molecular flexibility index (Phi) is 10.8. The van der Waals surface area contributed by atoms with Gasteiger partial charge in [-0.3, -0.25) is 13.9 Å². The van der Waals surface area contributed by atoms with Crippen molar-refractivity contribution in [3.05, 3.63) is 83.9 Å². The fourth-order valence-corrected chi connectivity index (χ4v) is 5.81. The molecule has 3 rings (SSSR count). The molecule has 3 aromatic rings. The maximum absolute atomic E-state index is 14.1. The van der Waals surface area contributed by atoms with Gasteiger partial charge in [-0.15, -0.1) is 0 Å². The highest BCUT2D eigenvalue weighted by molar-refractivity contribution is 7.92. The molecule has 0 heterocycles. The number of hydrogen-bond donors (Lipinski definition) is 1. The standard InChI is InChI=1S/C31H39N3O6S/c1-7-29(31(36)32-22(2)3)33(20-24-10-8-12-26(18-24)39-5)30(35)21-34(25-11-9-13-27(19-25)40-6)41(37,38)28-16-14-23(4)15-17-28/h8-19,22,29H,7,20-21H2,1-6H3,(H,32,36)/t29-/m1/s1. The highest BCUT2D eigenvalue weighted by Crippen LogP contribution is 2.28. The number of carbonyl (C=O) groups is 2. The molecule has 0 saturated carbocycles. The summed E-state index contributed by atoms with van der Waals surface area (Å²) in [6, 6.07) is 19.2. The lowest BCUT2D eigenvalue weighted by Crippen LogP contribution is -2.53. The van der Waals surface area contributed by atoms with Crippen LogP contribution in [-0.4, -0.2) is 58.0 Å². The van der Waals surface area contributed by atoms with Gasteiger partial charge < -0.3 is 19.7 Å². The normalized spacial score (nSPS) is 12.0. The van der Waals surface area contributed by atoms with Gasteiger partial charge in [0.1, 0.15) is 24.1 Å². The average Bonchev–Trinajstić information content (AvgIpc) is 2.95. The number of rotatable bonds is 13. The predicted octanol–water partition coefficient (Wildman–Crippen LogP) is 4.54. The van der Waals surface area contributed by atoms with Gasteiger partial charge in [-0.05, 0) is 69.2 Å². The van der Waals surface area contributed by atoms with Crippen molar-refractivity contribution >= 4 is 27.5 Å². The number of ether oxygens (including phenoxy) is 2. The molecule has 2 amide bonds. The van der Waals surface area contributed by atoms with E-state index in [9.17, 15) is 18.0 Å². The van der Waals surface area contributed by atoms with Crippen LogP contribution < -0.4 is 19.1 Å². The van der Waals surface area contributed by atoms with Gasteiger partial charge in [-0.25, -0.2) is 8.42 Å².